The molecule has 24 heavy (non-hydrogen) atoms. The topological polar surface area (TPSA) is 74.6 Å². The molecule has 0 heterocycles. The lowest BCUT2D eigenvalue weighted by Crippen LogP contribution is -2.18. The van der Waals surface area contributed by atoms with Gasteiger partial charge in [0.05, 0.1) is 0 Å². The minimum absolute atomic E-state index is 0.114. The van der Waals surface area contributed by atoms with Crippen molar-refractivity contribution in [3.05, 3.63) is 36.0 Å². The highest BCUT2D eigenvalue weighted by Gasteiger charge is 2.21. The third kappa shape index (κ3) is 7.73. The van der Waals surface area contributed by atoms with Crippen LogP contribution in [0.25, 0.3) is 0 Å². The zero-order chi connectivity index (χ0) is 17.8. The van der Waals surface area contributed by atoms with E-state index in [1.807, 2.05) is 18.2 Å². The molecule has 0 saturated heterocycles. The Kier molecular flexibility index (Phi) is 10.0. The first kappa shape index (κ1) is 20.4. The van der Waals surface area contributed by atoms with Crippen molar-refractivity contribution >= 4 is 11.8 Å². The number of carbonyl (C=O) groups excluding carboxylic acids is 1. The van der Waals surface area contributed by atoms with Crippen LogP contribution in [0.1, 0.15) is 64.7 Å². The van der Waals surface area contributed by atoms with E-state index in [0.29, 0.717) is 6.42 Å². The van der Waals surface area contributed by atoms with Gasteiger partial charge in [-0.1, -0.05) is 56.9 Å². The van der Waals surface area contributed by atoms with Crippen molar-refractivity contribution in [3.63, 3.8) is 0 Å². The molecule has 2 N–H and O–H groups in total. The molecule has 1 aliphatic carbocycles. The van der Waals surface area contributed by atoms with Gasteiger partial charge in [-0.15, -0.1) is 0 Å². The highest BCUT2D eigenvalue weighted by Crippen LogP contribution is 2.26. The fourth-order valence-electron chi connectivity index (χ4n) is 2.79. The smallest absolute Gasteiger partial charge is 0.332 e. The zero-order valence-corrected chi connectivity index (χ0v) is 14.6. The van der Waals surface area contributed by atoms with E-state index < -0.39 is 12.1 Å². The van der Waals surface area contributed by atoms with Gasteiger partial charge in [0.2, 0.25) is 0 Å². The number of carboxylic acid groups (broad SMARTS) is 1. The SMILES string of the molecule is CCCCCCC/C=C1/C(=O)C=C[C@@H]1C/C=C\CCC(O)C(=O)O. The predicted molar refractivity (Wildman–Crippen MR) is 95.7 cm³/mol. The highest BCUT2D eigenvalue weighted by atomic mass is 16.4. The second-order valence-corrected chi connectivity index (χ2v) is 6.33. The number of aliphatic hydroxyl groups is 1. The summed E-state index contributed by atoms with van der Waals surface area (Å²) in [5.41, 5.74) is 0.890. The van der Waals surface area contributed by atoms with Crippen LogP contribution in [0.15, 0.2) is 36.0 Å². The Morgan fingerprint density at radius 2 is 1.96 bits per heavy atom. The minimum atomic E-state index is -1.30. The Bertz CT molecular complexity index is 488. The Morgan fingerprint density at radius 3 is 2.67 bits per heavy atom. The van der Waals surface area contributed by atoms with Gasteiger partial charge in [-0.2, -0.15) is 0 Å². The molecule has 0 aliphatic heterocycles. The third-order valence-corrected chi connectivity index (χ3v) is 4.28. The first-order chi connectivity index (χ1) is 11.6. The van der Waals surface area contributed by atoms with E-state index in [1.54, 1.807) is 6.08 Å². The van der Waals surface area contributed by atoms with Gasteiger partial charge in [0, 0.05) is 11.5 Å². The molecule has 0 bridgehead atoms. The lowest BCUT2D eigenvalue weighted by molar-refractivity contribution is -0.146. The van der Waals surface area contributed by atoms with E-state index in [-0.39, 0.29) is 18.1 Å². The van der Waals surface area contributed by atoms with Crippen molar-refractivity contribution in [2.45, 2.75) is 70.8 Å². The molecule has 1 rings (SSSR count). The molecule has 0 aromatic heterocycles. The molecule has 2 atom stereocenters. The molecule has 4 heteroatoms. The van der Waals surface area contributed by atoms with Crippen LogP contribution in [-0.2, 0) is 9.59 Å². The summed E-state index contributed by atoms with van der Waals surface area (Å²) in [5.74, 6) is -0.936. The number of hydrogen-bond donors (Lipinski definition) is 2. The van der Waals surface area contributed by atoms with Crippen LogP contribution in [0.2, 0.25) is 0 Å². The van der Waals surface area contributed by atoms with Gasteiger partial charge in [0.1, 0.15) is 0 Å². The molecule has 0 saturated carbocycles. The number of unbranched alkanes of at least 4 members (excludes halogenated alkanes) is 5. The maximum absolute atomic E-state index is 11.9. The molecule has 0 fully saturated rings. The van der Waals surface area contributed by atoms with E-state index in [0.717, 1.165) is 24.8 Å². The average molecular weight is 334 g/mol. The number of aliphatic hydroxyl groups excluding tert-OH is 1. The Labute approximate surface area is 145 Å². The molecule has 0 radical (unpaired) electrons. The van der Waals surface area contributed by atoms with Gasteiger partial charge >= 0.3 is 5.97 Å². The molecular formula is C20H30O4. The van der Waals surface area contributed by atoms with Crippen LogP contribution >= 0.6 is 0 Å². The lowest BCUT2D eigenvalue weighted by atomic mass is 9.96. The van der Waals surface area contributed by atoms with Crippen molar-refractivity contribution in [1.29, 1.82) is 0 Å². The van der Waals surface area contributed by atoms with Crippen LogP contribution in [0, 0.1) is 5.92 Å². The van der Waals surface area contributed by atoms with Crippen LogP contribution in [0.4, 0.5) is 0 Å². The number of carbonyl (C=O) groups is 2. The van der Waals surface area contributed by atoms with Crippen LogP contribution in [0.5, 0.6) is 0 Å². The highest BCUT2D eigenvalue weighted by molar-refractivity contribution is 6.07. The van der Waals surface area contributed by atoms with Crippen molar-refractivity contribution in [2.75, 3.05) is 0 Å². The van der Waals surface area contributed by atoms with E-state index >= 15 is 0 Å². The van der Waals surface area contributed by atoms with Crippen LogP contribution in [-0.4, -0.2) is 28.1 Å². The van der Waals surface area contributed by atoms with Crippen molar-refractivity contribution in [2.24, 2.45) is 5.92 Å². The number of allylic oxidation sites excluding steroid dienone is 6. The van der Waals surface area contributed by atoms with Gasteiger partial charge in [0.25, 0.3) is 0 Å². The van der Waals surface area contributed by atoms with E-state index in [1.165, 1.54) is 25.7 Å². The monoisotopic (exact) mass is 334 g/mol. The minimum Gasteiger partial charge on any atom is -0.479 e. The van der Waals surface area contributed by atoms with Gasteiger partial charge in [-0.25, -0.2) is 4.79 Å². The number of aliphatic carboxylic acids is 1. The summed E-state index contributed by atoms with van der Waals surface area (Å²) in [5, 5.41) is 17.8. The van der Waals surface area contributed by atoms with Crippen LogP contribution in [0.3, 0.4) is 0 Å². The van der Waals surface area contributed by atoms with Gasteiger partial charge in [-0.3, -0.25) is 4.79 Å². The first-order valence-electron chi connectivity index (χ1n) is 9.04. The van der Waals surface area contributed by atoms with Crippen molar-refractivity contribution in [3.8, 4) is 0 Å². The maximum Gasteiger partial charge on any atom is 0.332 e. The zero-order valence-electron chi connectivity index (χ0n) is 14.6. The summed E-state index contributed by atoms with van der Waals surface area (Å²) < 4.78 is 0. The van der Waals surface area contributed by atoms with Gasteiger partial charge in [0.15, 0.2) is 11.9 Å². The summed E-state index contributed by atoms with van der Waals surface area (Å²) in [4.78, 5) is 22.4. The van der Waals surface area contributed by atoms with Crippen molar-refractivity contribution < 1.29 is 19.8 Å². The third-order valence-electron chi connectivity index (χ3n) is 4.28. The standard InChI is InChI=1S/C20H30O4/c1-2-3-4-5-6-9-12-17-16(14-15-18(17)21)11-8-7-10-13-19(22)20(23)24/h7-8,12,14-16,19,22H,2-6,9-11,13H2,1H3,(H,23,24)/b8-7-,17-12+/t16-,19?/m0/s1. The van der Waals surface area contributed by atoms with E-state index in [4.69, 9.17) is 5.11 Å². The molecule has 1 aliphatic rings. The summed E-state index contributed by atoms with van der Waals surface area (Å²) in [7, 11) is 0. The predicted octanol–water partition coefficient (Wildman–Crippen LogP) is 4.20. The number of hydrogen-bond acceptors (Lipinski definition) is 3. The molecule has 1 unspecified atom stereocenters. The normalized spacial score (nSPS) is 20.3. The van der Waals surface area contributed by atoms with E-state index in [2.05, 4.69) is 13.0 Å². The summed E-state index contributed by atoms with van der Waals surface area (Å²) in [6.07, 6.45) is 16.8. The Balaban J connectivity index is 2.33. The quantitative estimate of drug-likeness (QED) is 0.319. The molecule has 0 aromatic carbocycles. The fourth-order valence-corrected chi connectivity index (χ4v) is 2.79. The average Bonchev–Trinajstić information content (AvgIpc) is 2.90. The lowest BCUT2D eigenvalue weighted by Gasteiger charge is -2.08. The summed E-state index contributed by atoms with van der Waals surface area (Å²) in [6, 6.07) is 0. The number of ketones is 1. The second kappa shape index (κ2) is 11.8. The Morgan fingerprint density at radius 1 is 1.21 bits per heavy atom. The van der Waals surface area contributed by atoms with Gasteiger partial charge < -0.3 is 10.2 Å². The number of rotatable bonds is 12. The molecule has 134 valence electrons. The molecule has 0 aromatic rings. The molecule has 0 amide bonds. The van der Waals surface area contributed by atoms with Crippen LogP contribution < -0.4 is 0 Å². The number of carboxylic acids is 1. The van der Waals surface area contributed by atoms with Crippen molar-refractivity contribution in [1.82, 2.24) is 0 Å². The van der Waals surface area contributed by atoms with Gasteiger partial charge in [-0.05, 0) is 38.2 Å². The second-order valence-electron chi connectivity index (χ2n) is 6.33. The largest absolute Gasteiger partial charge is 0.479 e. The maximum atomic E-state index is 11.9. The summed E-state index contributed by atoms with van der Waals surface area (Å²) >= 11 is 0. The molecule has 0 spiro atoms. The first-order valence-corrected chi connectivity index (χ1v) is 9.04. The molecular weight excluding hydrogens is 304 g/mol. The van der Waals surface area contributed by atoms with E-state index in [9.17, 15) is 14.7 Å². The summed E-state index contributed by atoms with van der Waals surface area (Å²) in [6.45, 7) is 2.20. The molecule has 4 nitrogen and oxygen atoms in total. The fraction of sp³-hybridized carbons (Fsp3) is 0.600. The Hall–Kier alpha value is -1.68.